The third kappa shape index (κ3) is 3.34. The molecule has 0 saturated heterocycles. The summed E-state index contributed by atoms with van der Waals surface area (Å²) in [5, 5.41) is 2.70. The molecule has 5 nitrogen and oxygen atoms in total. The minimum atomic E-state index is -0.442. The number of nitrogens with one attached hydrogen (secondary N) is 1. The number of rotatable bonds is 5. The molecule has 16 heavy (non-hydrogen) atoms. The highest BCUT2D eigenvalue weighted by molar-refractivity contribution is 5.81. The maximum atomic E-state index is 11.5. The van der Waals surface area contributed by atoms with E-state index in [1.807, 2.05) is 20.8 Å². The van der Waals surface area contributed by atoms with Gasteiger partial charge >= 0.3 is 0 Å². The first kappa shape index (κ1) is 12.7. The van der Waals surface area contributed by atoms with E-state index in [1.54, 1.807) is 0 Å². The van der Waals surface area contributed by atoms with Crippen LogP contribution in [0.15, 0.2) is 4.42 Å². The minimum Gasteiger partial charge on any atom is -0.444 e. The zero-order chi connectivity index (χ0) is 12.1. The van der Waals surface area contributed by atoms with E-state index in [0.29, 0.717) is 18.9 Å². The van der Waals surface area contributed by atoms with Crippen molar-refractivity contribution in [3.63, 3.8) is 0 Å². The monoisotopic (exact) mass is 225 g/mol. The van der Waals surface area contributed by atoms with E-state index in [-0.39, 0.29) is 5.91 Å². The Morgan fingerprint density at radius 1 is 1.56 bits per heavy atom. The normalized spacial score (nSPS) is 12.5. The summed E-state index contributed by atoms with van der Waals surface area (Å²) in [6.07, 6.45) is 1.58. The van der Waals surface area contributed by atoms with Crippen LogP contribution in [0.2, 0.25) is 0 Å². The lowest BCUT2D eigenvalue weighted by molar-refractivity contribution is -0.122. The van der Waals surface area contributed by atoms with Crippen molar-refractivity contribution < 1.29 is 9.21 Å². The molecular weight excluding hydrogens is 206 g/mol. The lowest BCUT2D eigenvalue weighted by Gasteiger charge is -2.09. The molecule has 1 rings (SSSR count). The van der Waals surface area contributed by atoms with E-state index in [2.05, 4.69) is 10.3 Å². The zero-order valence-corrected chi connectivity index (χ0v) is 10.0. The smallest absolute Gasteiger partial charge is 0.237 e. The number of nitrogens with two attached hydrogens (primary N) is 1. The minimum absolute atomic E-state index is 0.157. The van der Waals surface area contributed by atoms with Crippen LogP contribution in [0.5, 0.6) is 0 Å². The topological polar surface area (TPSA) is 81.2 Å². The van der Waals surface area contributed by atoms with Crippen LogP contribution in [0.3, 0.4) is 0 Å². The van der Waals surface area contributed by atoms with Gasteiger partial charge in [-0.05, 0) is 20.3 Å². The van der Waals surface area contributed by atoms with Crippen LogP contribution in [0, 0.1) is 13.8 Å². The van der Waals surface area contributed by atoms with Gasteiger partial charge in [-0.1, -0.05) is 13.3 Å². The zero-order valence-electron chi connectivity index (χ0n) is 10.0. The first-order valence-corrected chi connectivity index (χ1v) is 5.50. The molecule has 5 heteroatoms. The first-order chi connectivity index (χ1) is 7.54. The van der Waals surface area contributed by atoms with Gasteiger partial charge in [-0.15, -0.1) is 0 Å². The molecular formula is C11H19N3O2. The van der Waals surface area contributed by atoms with Crippen molar-refractivity contribution in [2.24, 2.45) is 5.73 Å². The summed E-state index contributed by atoms with van der Waals surface area (Å²) >= 11 is 0. The summed E-state index contributed by atoms with van der Waals surface area (Å²) in [6.45, 7) is 6.00. The van der Waals surface area contributed by atoms with Crippen LogP contribution >= 0.6 is 0 Å². The van der Waals surface area contributed by atoms with E-state index < -0.39 is 6.04 Å². The molecule has 90 valence electrons. The van der Waals surface area contributed by atoms with Gasteiger partial charge in [0, 0.05) is 0 Å². The molecule has 0 fully saturated rings. The van der Waals surface area contributed by atoms with Crippen LogP contribution < -0.4 is 11.1 Å². The highest BCUT2D eigenvalue weighted by atomic mass is 16.4. The van der Waals surface area contributed by atoms with Crippen LogP contribution in [0.4, 0.5) is 0 Å². The van der Waals surface area contributed by atoms with Gasteiger partial charge in [0.05, 0.1) is 18.3 Å². The first-order valence-electron chi connectivity index (χ1n) is 5.50. The van der Waals surface area contributed by atoms with Gasteiger partial charge in [-0.2, -0.15) is 0 Å². The number of hydrogen-bond acceptors (Lipinski definition) is 4. The molecule has 0 aliphatic heterocycles. The summed E-state index contributed by atoms with van der Waals surface area (Å²) in [7, 11) is 0. The fraction of sp³-hybridized carbons (Fsp3) is 0.636. The summed E-state index contributed by atoms with van der Waals surface area (Å²) < 4.78 is 5.34. The van der Waals surface area contributed by atoms with Crippen molar-refractivity contribution in [3.05, 3.63) is 17.3 Å². The average molecular weight is 225 g/mol. The molecule has 0 aromatic carbocycles. The molecule has 1 atom stereocenters. The molecule has 3 N–H and O–H groups in total. The maximum Gasteiger partial charge on any atom is 0.237 e. The van der Waals surface area contributed by atoms with Gasteiger partial charge in [-0.3, -0.25) is 4.79 Å². The van der Waals surface area contributed by atoms with Gasteiger partial charge in [0.25, 0.3) is 0 Å². The van der Waals surface area contributed by atoms with E-state index in [4.69, 9.17) is 10.2 Å². The fourth-order valence-corrected chi connectivity index (χ4v) is 1.35. The van der Waals surface area contributed by atoms with Crippen LogP contribution in [-0.2, 0) is 11.3 Å². The van der Waals surface area contributed by atoms with Gasteiger partial charge in [0.2, 0.25) is 11.8 Å². The molecule has 1 aromatic rings. The largest absolute Gasteiger partial charge is 0.444 e. The quantitative estimate of drug-likeness (QED) is 0.784. The number of aryl methyl sites for hydroxylation is 2. The van der Waals surface area contributed by atoms with Crippen molar-refractivity contribution >= 4 is 5.91 Å². The second kappa shape index (κ2) is 5.65. The number of carbonyl (C=O) groups is 1. The molecule has 1 heterocycles. The predicted molar refractivity (Wildman–Crippen MR) is 60.7 cm³/mol. The molecule has 0 aliphatic carbocycles. The third-order valence-corrected chi connectivity index (χ3v) is 2.42. The summed E-state index contributed by atoms with van der Waals surface area (Å²) in [6, 6.07) is -0.442. The number of aromatic nitrogens is 1. The van der Waals surface area contributed by atoms with Crippen LogP contribution in [-0.4, -0.2) is 16.9 Å². The van der Waals surface area contributed by atoms with E-state index >= 15 is 0 Å². The summed E-state index contributed by atoms with van der Waals surface area (Å²) in [5.74, 6) is 1.14. The molecule has 1 amide bonds. The van der Waals surface area contributed by atoms with Gasteiger partial charge in [-0.25, -0.2) is 4.98 Å². The SMILES string of the molecule is CCCC(N)C(=O)NCc1nc(C)c(C)o1. The Bertz CT molecular complexity index is 341. The molecule has 1 unspecified atom stereocenters. The maximum absolute atomic E-state index is 11.5. The Kier molecular flexibility index (Phi) is 4.49. The Labute approximate surface area is 95.4 Å². The summed E-state index contributed by atoms with van der Waals surface area (Å²) in [5.41, 5.74) is 6.51. The Balaban J connectivity index is 2.42. The van der Waals surface area contributed by atoms with Gasteiger partial charge in [0.1, 0.15) is 5.76 Å². The number of amides is 1. The molecule has 0 bridgehead atoms. The Morgan fingerprint density at radius 3 is 2.75 bits per heavy atom. The number of nitrogens with zero attached hydrogens (tertiary/aromatic N) is 1. The fourth-order valence-electron chi connectivity index (χ4n) is 1.35. The second-order valence-electron chi connectivity index (χ2n) is 3.86. The third-order valence-electron chi connectivity index (χ3n) is 2.42. The highest BCUT2D eigenvalue weighted by Gasteiger charge is 2.13. The molecule has 0 saturated carbocycles. The van der Waals surface area contributed by atoms with E-state index in [1.165, 1.54) is 0 Å². The Morgan fingerprint density at radius 2 is 2.25 bits per heavy atom. The molecule has 0 radical (unpaired) electrons. The van der Waals surface area contributed by atoms with Crippen molar-refractivity contribution in [1.29, 1.82) is 0 Å². The van der Waals surface area contributed by atoms with E-state index in [0.717, 1.165) is 17.9 Å². The lowest BCUT2D eigenvalue weighted by Crippen LogP contribution is -2.40. The number of carbonyl (C=O) groups excluding carboxylic acids is 1. The van der Waals surface area contributed by atoms with Crippen molar-refractivity contribution in [1.82, 2.24) is 10.3 Å². The van der Waals surface area contributed by atoms with Crippen molar-refractivity contribution in [3.8, 4) is 0 Å². The number of oxazole rings is 1. The van der Waals surface area contributed by atoms with Gasteiger partial charge < -0.3 is 15.5 Å². The molecule has 0 spiro atoms. The van der Waals surface area contributed by atoms with E-state index in [9.17, 15) is 4.79 Å². The molecule has 0 aliphatic rings. The standard InChI is InChI=1S/C11H19N3O2/c1-4-5-9(12)11(15)13-6-10-14-7(2)8(3)16-10/h9H,4-6,12H2,1-3H3,(H,13,15). The number of hydrogen-bond donors (Lipinski definition) is 2. The Hall–Kier alpha value is -1.36. The highest BCUT2D eigenvalue weighted by Crippen LogP contribution is 2.07. The second-order valence-corrected chi connectivity index (χ2v) is 3.86. The van der Waals surface area contributed by atoms with Gasteiger partial charge in [0.15, 0.2) is 0 Å². The molecule has 1 aromatic heterocycles. The average Bonchev–Trinajstić information content (AvgIpc) is 2.55. The summed E-state index contributed by atoms with van der Waals surface area (Å²) in [4.78, 5) is 15.7. The van der Waals surface area contributed by atoms with Crippen molar-refractivity contribution in [2.45, 2.75) is 46.2 Å². The van der Waals surface area contributed by atoms with Crippen LogP contribution in [0.1, 0.15) is 37.1 Å². The van der Waals surface area contributed by atoms with Crippen LogP contribution in [0.25, 0.3) is 0 Å². The lowest BCUT2D eigenvalue weighted by atomic mass is 10.2. The van der Waals surface area contributed by atoms with Crippen molar-refractivity contribution in [2.75, 3.05) is 0 Å². The predicted octanol–water partition coefficient (Wildman–Crippen LogP) is 1.04.